The van der Waals surface area contributed by atoms with Crippen LogP contribution in [0.15, 0.2) is 71.4 Å². The first-order chi connectivity index (χ1) is 12.6. The van der Waals surface area contributed by atoms with Gasteiger partial charge in [0, 0.05) is 21.8 Å². The van der Waals surface area contributed by atoms with Gasteiger partial charge >= 0.3 is 5.97 Å². The van der Waals surface area contributed by atoms with E-state index >= 15 is 0 Å². The third-order valence-electron chi connectivity index (χ3n) is 3.64. The molecule has 0 aromatic heterocycles. The van der Waals surface area contributed by atoms with E-state index in [2.05, 4.69) is 0 Å². The van der Waals surface area contributed by atoms with Crippen LogP contribution in [0.25, 0.3) is 4.91 Å². The summed E-state index contributed by atoms with van der Waals surface area (Å²) in [6, 6.07) is 19.0. The summed E-state index contributed by atoms with van der Waals surface area (Å²) in [5.74, 6) is -0.626. The Bertz CT molecular complexity index is 915. The maximum Gasteiger partial charge on any atom is 0.351 e. The van der Waals surface area contributed by atoms with E-state index in [1.54, 1.807) is 19.1 Å². The van der Waals surface area contributed by atoms with E-state index in [0.717, 1.165) is 16.2 Å². The molecule has 0 atom stereocenters. The van der Waals surface area contributed by atoms with Gasteiger partial charge in [0.2, 0.25) is 0 Å². The summed E-state index contributed by atoms with van der Waals surface area (Å²) < 4.78 is 5.05. The molecule has 6 heteroatoms. The van der Waals surface area contributed by atoms with Gasteiger partial charge in [-0.15, -0.1) is 0 Å². The summed E-state index contributed by atoms with van der Waals surface area (Å²) in [5.41, 5.74) is 1.79. The summed E-state index contributed by atoms with van der Waals surface area (Å²) >= 11 is 7.35. The Hall–Kier alpha value is -2.68. The Labute approximate surface area is 161 Å². The van der Waals surface area contributed by atoms with Crippen molar-refractivity contribution in [3.63, 3.8) is 0 Å². The van der Waals surface area contributed by atoms with Gasteiger partial charge in [-0.05, 0) is 36.8 Å². The number of halogens is 1. The molecular weight excluding hydrogens is 368 g/mol. The normalized spacial score (nSPS) is 15.3. The van der Waals surface area contributed by atoms with Gasteiger partial charge in [-0.25, -0.2) is 4.79 Å². The molecule has 130 valence electrons. The van der Waals surface area contributed by atoms with E-state index in [1.807, 2.05) is 59.6 Å². The van der Waals surface area contributed by atoms with E-state index in [9.17, 15) is 10.1 Å². The molecule has 0 spiro atoms. The first-order valence-corrected chi connectivity index (χ1v) is 9.15. The molecule has 2 aromatic rings. The standard InChI is InChI=1S/C20H15ClN2O2S/c1-2-25-20(24)17(12-22)19-23(16-10-8-15(21)9-11-16)13-18(26-19)14-6-4-3-5-7-14/h3-11,13H,2H2,1H3. The van der Waals surface area contributed by atoms with Crippen LogP contribution in [-0.4, -0.2) is 12.6 Å². The molecule has 1 aliphatic heterocycles. The van der Waals surface area contributed by atoms with Crippen LogP contribution < -0.4 is 4.90 Å². The highest BCUT2D eigenvalue weighted by molar-refractivity contribution is 8.12. The molecule has 0 N–H and O–H groups in total. The smallest absolute Gasteiger partial charge is 0.351 e. The Morgan fingerprint density at radius 2 is 1.88 bits per heavy atom. The number of esters is 1. The van der Waals surface area contributed by atoms with E-state index in [0.29, 0.717) is 10.1 Å². The van der Waals surface area contributed by atoms with Gasteiger partial charge in [0.05, 0.1) is 6.61 Å². The van der Waals surface area contributed by atoms with Crippen molar-refractivity contribution in [1.82, 2.24) is 0 Å². The van der Waals surface area contributed by atoms with Crippen molar-refractivity contribution in [2.24, 2.45) is 0 Å². The number of carbonyl (C=O) groups excluding carboxylic acids is 1. The number of hydrogen-bond donors (Lipinski definition) is 0. The van der Waals surface area contributed by atoms with Gasteiger partial charge in [0.25, 0.3) is 0 Å². The summed E-state index contributed by atoms with van der Waals surface area (Å²) in [6.45, 7) is 1.92. The van der Waals surface area contributed by atoms with Crippen LogP contribution in [0, 0.1) is 11.3 Å². The summed E-state index contributed by atoms with van der Waals surface area (Å²) in [7, 11) is 0. The third kappa shape index (κ3) is 3.77. The van der Waals surface area contributed by atoms with Gasteiger partial charge in [0.15, 0.2) is 5.57 Å². The molecule has 0 saturated carbocycles. The fraction of sp³-hybridized carbons (Fsp3) is 0.100. The predicted molar refractivity (Wildman–Crippen MR) is 105 cm³/mol. The number of rotatable bonds is 4. The van der Waals surface area contributed by atoms with E-state index in [-0.39, 0.29) is 12.2 Å². The molecule has 0 bridgehead atoms. The summed E-state index contributed by atoms with van der Waals surface area (Å²) in [6.07, 6.45) is 1.91. The average molecular weight is 383 g/mol. The van der Waals surface area contributed by atoms with E-state index in [4.69, 9.17) is 16.3 Å². The van der Waals surface area contributed by atoms with Crippen LogP contribution in [0.2, 0.25) is 5.02 Å². The Morgan fingerprint density at radius 1 is 1.19 bits per heavy atom. The predicted octanol–water partition coefficient (Wildman–Crippen LogP) is 5.19. The molecule has 1 heterocycles. The van der Waals surface area contributed by atoms with Gasteiger partial charge in [-0.1, -0.05) is 53.7 Å². The minimum atomic E-state index is -0.626. The van der Waals surface area contributed by atoms with Crippen LogP contribution in [0.3, 0.4) is 0 Å². The number of anilines is 1. The number of ether oxygens (including phenoxy) is 1. The fourth-order valence-corrected chi connectivity index (χ4v) is 3.67. The van der Waals surface area contributed by atoms with Crippen molar-refractivity contribution in [2.45, 2.75) is 6.92 Å². The second-order valence-electron chi connectivity index (χ2n) is 5.32. The monoisotopic (exact) mass is 382 g/mol. The second-order valence-corrected chi connectivity index (χ2v) is 6.79. The van der Waals surface area contributed by atoms with E-state index in [1.165, 1.54) is 11.8 Å². The molecule has 2 aromatic carbocycles. The molecule has 26 heavy (non-hydrogen) atoms. The molecule has 0 unspecified atom stereocenters. The number of benzene rings is 2. The Morgan fingerprint density at radius 3 is 2.50 bits per heavy atom. The lowest BCUT2D eigenvalue weighted by molar-refractivity contribution is -0.138. The molecule has 0 saturated heterocycles. The minimum absolute atomic E-state index is 0.0195. The quantitative estimate of drug-likeness (QED) is 0.413. The third-order valence-corrected chi connectivity index (χ3v) is 5.05. The van der Waals surface area contributed by atoms with E-state index < -0.39 is 5.97 Å². The average Bonchev–Trinajstić information content (AvgIpc) is 3.09. The highest BCUT2D eigenvalue weighted by atomic mass is 35.5. The first kappa shape index (κ1) is 18.1. The Balaban J connectivity index is 2.09. The molecular formula is C20H15ClN2O2S. The molecule has 4 nitrogen and oxygen atoms in total. The zero-order chi connectivity index (χ0) is 18.5. The largest absolute Gasteiger partial charge is 0.462 e. The summed E-state index contributed by atoms with van der Waals surface area (Å²) in [5, 5.41) is 10.7. The topological polar surface area (TPSA) is 53.3 Å². The maximum atomic E-state index is 12.2. The van der Waals surface area contributed by atoms with Crippen LogP contribution in [0.1, 0.15) is 12.5 Å². The van der Waals surface area contributed by atoms with Crippen molar-refractivity contribution < 1.29 is 9.53 Å². The van der Waals surface area contributed by atoms with Crippen molar-refractivity contribution in [2.75, 3.05) is 11.5 Å². The van der Waals surface area contributed by atoms with Crippen molar-refractivity contribution in [1.29, 1.82) is 5.26 Å². The molecule has 1 aliphatic rings. The summed E-state index contributed by atoms with van der Waals surface area (Å²) in [4.78, 5) is 15.0. The molecule has 0 amide bonds. The molecule has 3 rings (SSSR count). The van der Waals surface area contributed by atoms with Crippen LogP contribution in [0.5, 0.6) is 0 Å². The lowest BCUT2D eigenvalue weighted by Gasteiger charge is -2.18. The molecule has 0 fully saturated rings. The van der Waals surface area contributed by atoms with Gasteiger partial charge in [-0.3, -0.25) is 0 Å². The van der Waals surface area contributed by atoms with Crippen LogP contribution in [0.4, 0.5) is 5.69 Å². The Kier molecular flexibility index (Phi) is 5.67. The number of nitriles is 1. The zero-order valence-corrected chi connectivity index (χ0v) is 15.6. The molecule has 0 aliphatic carbocycles. The fourth-order valence-electron chi connectivity index (χ4n) is 2.44. The lowest BCUT2D eigenvalue weighted by Crippen LogP contribution is -2.16. The highest BCUT2D eigenvalue weighted by Gasteiger charge is 2.29. The SMILES string of the molecule is CCOC(=O)C(C#N)=C1SC(c2ccccc2)=CN1c1ccc(Cl)cc1. The van der Waals surface area contributed by atoms with Gasteiger partial charge < -0.3 is 9.64 Å². The highest BCUT2D eigenvalue weighted by Crippen LogP contribution is 2.46. The lowest BCUT2D eigenvalue weighted by atomic mass is 10.2. The number of hydrogen-bond acceptors (Lipinski definition) is 5. The zero-order valence-electron chi connectivity index (χ0n) is 14.0. The number of thioether (sulfide) groups is 1. The first-order valence-electron chi connectivity index (χ1n) is 7.95. The van der Waals surface area contributed by atoms with Crippen molar-refractivity contribution >= 4 is 39.9 Å². The van der Waals surface area contributed by atoms with Crippen LogP contribution in [-0.2, 0) is 9.53 Å². The molecule has 0 radical (unpaired) electrons. The van der Waals surface area contributed by atoms with Crippen molar-refractivity contribution in [3.05, 3.63) is 82.0 Å². The van der Waals surface area contributed by atoms with Gasteiger partial charge in [-0.2, -0.15) is 5.26 Å². The van der Waals surface area contributed by atoms with Crippen molar-refractivity contribution in [3.8, 4) is 6.07 Å². The van der Waals surface area contributed by atoms with Crippen LogP contribution >= 0.6 is 23.4 Å². The number of nitrogens with zero attached hydrogens (tertiary/aromatic N) is 2. The maximum absolute atomic E-state index is 12.2. The van der Waals surface area contributed by atoms with Gasteiger partial charge in [0.1, 0.15) is 11.1 Å². The minimum Gasteiger partial charge on any atom is -0.462 e. The second kappa shape index (κ2) is 8.13. The number of carbonyl (C=O) groups is 1.